The Morgan fingerprint density at radius 1 is 1.16 bits per heavy atom. The number of hydrogen-bond donors (Lipinski definition) is 2. The normalized spacial score (nSPS) is 15.7. The molecular weight excluding hydrogens is 562 g/mol. The molecule has 1 saturated carbocycles. The van der Waals surface area contributed by atoms with Crippen LogP contribution < -0.4 is 15.4 Å². The maximum absolute atomic E-state index is 12.8. The third-order valence-electron chi connectivity index (χ3n) is 7.22. The molecule has 1 saturated heterocycles. The van der Waals surface area contributed by atoms with E-state index in [0.717, 1.165) is 50.9 Å². The number of ether oxygens (including phenoxy) is 1. The smallest absolute Gasteiger partial charge is 0.255 e. The quantitative estimate of drug-likeness (QED) is 0.140. The van der Waals surface area contributed by atoms with Crippen molar-refractivity contribution in [1.82, 2.24) is 20.1 Å². The Morgan fingerprint density at radius 2 is 1.93 bits per heavy atom. The fraction of sp³-hybridized carbons (Fsp3) is 0.344. The number of likely N-dealkylation sites (N-methyl/N-ethyl adjacent to an activating group) is 1. The highest BCUT2D eigenvalue weighted by molar-refractivity contribution is 7.99. The average Bonchev–Trinajstić information content (AvgIpc) is 3.84. The zero-order chi connectivity index (χ0) is 30.7. The van der Waals surface area contributed by atoms with E-state index in [0.29, 0.717) is 46.0 Å². The number of aromatic nitrogens is 1. The van der Waals surface area contributed by atoms with Gasteiger partial charge in [0.25, 0.3) is 5.91 Å². The van der Waals surface area contributed by atoms with Crippen LogP contribution in [0.1, 0.15) is 28.8 Å². The molecule has 0 unspecified atom stereocenters. The molecule has 0 atom stereocenters. The number of nitrogens with zero attached hydrogens (tertiary/aromatic N) is 5. The second-order valence-electron chi connectivity index (χ2n) is 10.4. The molecule has 1 aliphatic heterocycles. The zero-order valence-electron chi connectivity index (χ0n) is 24.6. The van der Waals surface area contributed by atoms with Crippen molar-refractivity contribution in [2.45, 2.75) is 23.3 Å². The van der Waals surface area contributed by atoms with Crippen molar-refractivity contribution in [3.05, 3.63) is 71.8 Å². The van der Waals surface area contributed by atoms with Crippen LogP contribution in [0.3, 0.4) is 0 Å². The summed E-state index contributed by atoms with van der Waals surface area (Å²) in [6, 6.07) is 20.3. The van der Waals surface area contributed by atoms with E-state index >= 15 is 0 Å². The molecule has 3 aromatic rings. The number of nitriles is 1. The number of rotatable bonds is 11. The number of aldehydes is 1. The second-order valence-corrected chi connectivity index (χ2v) is 11.4. The lowest BCUT2D eigenvalue weighted by molar-refractivity contribution is -0.109. The van der Waals surface area contributed by atoms with Crippen LogP contribution in [0.2, 0.25) is 0 Å². The number of pyridine rings is 1. The molecule has 1 aromatic heterocycles. The summed E-state index contributed by atoms with van der Waals surface area (Å²) < 4.78 is 5.92. The molecular formula is C32H37N7O3S. The van der Waals surface area contributed by atoms with Crippen molar-refractivity contribution >= 4 is 42.0 Å². The van der Waals surface area contributed by atoms with Gasteiger partial charge in [-0.1, -0.05) is 30.0 Å². The third kappa shape index (κ3) is 8.95. The van der Waals surface area contributed by atoms with Crippen LogP contribution in [0.15, 0.2) is 70.7 Å². The van der Waals surface area contributed by atoms with Crippen LogP contribution in [0.25, 0.3) is 0 Å². The number of nitrogens with one attached hydrogen (secondary N) is 2. The molecule has 10 nitrogen and oxygen atoms in total. The number of carbonyl (C=O) groups is 2. The van der Waals surface area contributed by atoms with Gasteiger partial charge < -0.3 is 25.1 Å². The molecule has 224 valence electrons. The summed E-state index contributed by atoms with van der Waals surface area (Å²) >= 11 is 1.50. The summed E-state index contributed by atoms with van der Waals surface area (Å²) in [5, 5.41) is 16.1. The van der Waals surface area contributed by atoms with Crippen molar-refractivity contribution in [2.75, 3.05) is 58.0 Å². The van der Waals surface area contributed by atoms with Gasteiger partial charge in [-0.05, 0) is 69.5 Å². The van der Waals surface area contributed by atoms with Gasteiger partial charge >= 0.3 is 0 Å². The molecule has 5 rings (SSSR count). The highest BCUT2D eigenvalue weighted by Crippen LogP contribution is 2.47. The highest BCUT2D eigenvalue weighted by Gasteiger charge is 2.45. The predicted molar refractivity (Wildman–Crippen MR) is 171 cm³/mol. The Bertz CT molecular complexity index is 1460. The Morgan fingerprint density at radius 3 is 2.60 bits per heavy atom. The van der Waals surface area contributed by atoms with Crippen molar-refractivity contribution in [1.29, 1.82) is 5.26 Å². The topological polar surface area (TPSA) is 123 Å². The first-order chi connectivity index (χ1) is 20.9. The molecule has 1 amide bonds. The van der Waals surface area contributed by atoms with E-state index in [-0.39, 0.29) is 5.91 Å². The van der Waals surface area contributed by atoms with Gasteiger partial charge in [0, 0.05) is 55.4 Å². The first kappa shape index (κ1) is 31.8. The molecule has 2 N–H and O–H groups in total. The fourth-order valence-electron chi connectivity index (χ4n) is 4.49. The Kier molecular flexibility index (Phi) is 11.4. The summed E-state index contributed by atoms with van der Waals surface area (Å²) in [6.07, 6.45) is 2.65. The Hall–Kier alpha value is -4.08. The van der Waals surface area contributed by atoms with Crippen LogP contribution in [-0.4, -0.2) is 86.4 Å². The van der Waals surface area contributed by atoms with Gasteiger partial charge in [0.1, 0.15) is 17.1 Å². The number of thioether (sulfide) groups is 1. The maximum Gasteiger partial charge on any atom is 0.255 e. The molecule has 0 bridgehead atoms. The molecule has 0 spiro atoms. The van der Waals surface area contributed by atoms with E-state index in [1.807, 2.05) is 19.2 Å². The minimum atomic E-state index is -0.432. The largest absolute Gasteiger partial charge is 0.439 e. The Labute approximate surface area is 257 Å². The van der Waals surface area contributed by atoms with Gasteiger partial charge in [0.05, 0.1) is 23.7 Å². The van der Waals surface area contributed by atoms with Gasteiger partial charge in [-0.2, -0.15) is 5.26 Å². The Balaban J connectivity index is 0.000000359. The third-order valence-corrected chi connectivity index (χ3v) is 8.23. The van der Waals surface area contributed by atoms with E-state index in [2.05, 4.69) is 50.2 Å². The van der Waals surface area contributed by atoms with E-state index in [9.17, 15) is 14.9 Å². The lowest BCUT2D eigenvalue weighted by atomic mass is 9.96. The number of hydrogen-bond acceptors (Lipinski definition) is 10. The predicted octanol–water partition coefficient (Wildman–Crippen LogP) is 4.72. The molecule has 1 aliphatic carbocycles. The van der Waals surface area contributed by atoms with Crippen LogP contribution >= 0.6 is 11.8 Å². The highest BCUT2D eigenvalue weighted by atomic mass is 32.2. The van der Waals surface area contributed by atoms with Crippen molar-refractivity contribution in [3.8, 4) is 17.7 Å². The number of carbonyl (C=O) groups excluding carboxylic acids is 2. The van der Waals surface area contributed by atoms with Gasteiger partial charge in [-0.3, -0.25) is 14.7 Å². The SMILES string of the molecule is C=Nc1ccc(Oc2cccc(NC(=O)c3cccc(C4(C#N)CC4)c3)c2)nc1SCNC.CN1CCN(CC=O)CC1. The minimum absolute atomic E-state index is 0.243. The molecule has 11 heteroatoms. The monoisotopic (exact) mass is 599 g/mol. The molecule has 2 fully saturated rings. The molecule has 0 radical (unpaired) electrons. The standard InChI is InChI=1S/C25H23N5O2S.C7H14N2O/c1-27-16-33-24-21(28-2)9-10-22(30-24)32-20-8-4-7-19(14-20)29-23(31)17-5-3-6-18(13-17)25(15-26)11-12-25;1-8-2-4-9(5-3-8)6-7-10/h3-10,13-14,27H,2,11-12,16H2,1H3,(H,29,31);7H,2-6H2,1H3. The van der Waals surface area contributed by atoms with Crippen molar-refractivity contribution in [2.24, 2.45) is 4.99 Å². The maximum atomic E-state index is 12.8. The summed E-state index contributed by atoms with van der Waals surface area (Å²) in [5.41, 5.74) is 2.26. The first-order valence-electron chi connectivity index (χ1n) is 14.1. The molecule has 43 heavy (non-hydrogen) atoms. The van der Waals surface area contributed by atoms with Gasteiger partial charge in [-0.15, -0.1) is 0 Å². The lowest BCUT2D eigenvalue weighted by Gasteiger charge is -2.30. The number of benzene rings is 2. The average molecular weight is 600 g/mol. The number of piperazine rings is 1. The minimum Gasteiger partial charge on any atom is -0.439 e. The number of anilines is 1. The number of amides is 1. The first-order valence-corrected chi connectivity index (χ1v) is 15.1. The van der Waals surface area contributed by atoms with Gasteiger partial charge in [-0.25, -0.2) is 4.98 Å². The summed E-state index contributed by atoms with van der Waals surface area (Å²) in [7, 11) is 3.97. The molecule has 2 aliphatic rings. The van der Waals surface area contributed by atoms with Gasteiger partial charge in [0.2, 0.25) is 5.88 Å². The second kappa shape index (κ2) is 15.4. The summed E-state index contributed by atoms with van der Waals surface area (Å²) in [5.74, 6) is 1.40. The molecule has 2 aromatic carbocycles. The summed E-state index contributed by atoms with van der Waals surface area (Å²) in [6.45, 7) is 8.44. The summed E-state index contributed by atoms with van der Waals surface area (Å²) in [4.78, 5) is 35.9. The van der Waals surface area contributed by atoms with E-state index < -0.39 is 5.41 Å². The van der Waals surface area contributed by atoms with E-state index in [4.69, 9.17) is 4.74 Å². The molecule has 2 heterocycles. The fourth-order valence-corrected chi connectivity index (χ4v) is 5.20. The number of aliphatic imine (C=N–C) groups is 1. The zero-order valence-corrected chi connectivity index (χ0v) is 25.4. The van der Waals surface area contributed by atoms with Crippen LogP contribution in [0, 0.1) is 11.3 Å². The van der Waals surface area contributed by atoms with Gasteiger partial charge in [0.15, 0.2) is 0 Å². The van der Waals surface area contributed by atoms with Crippen LogP contribution in [-0.2, 0) is 10.2 Å². The van der Waals surface area contributed by atoms with E-state index in [1.54, 1.807) is 48.5 Å². The van der Waals surface area contributed by atoms with Crippen molar-refractivity contribution in [3.63, 3.8) is 0 Å². The van der Waals surface area contributed by atoms with Crippen molar-refractivity contribution < 1.29 is 14.3 Å². The van der Waals surface area contributed by atoms with Crippen LogP contribution in [0.4, 0.5) is 11.4 Å². The lowest BCUT2D eigenvalue weighted by Crippen LogP contribution is -2.44. The van der Waals surface area contributed by atoms with E-state index in [1.165, 1.54) is 11.8 Å². The van der Waals surface area contributed by atoms with Crippen LogP contribution in [0.5, 0.6) is 11.6 Å².